The summed E-state index contributed by atoms with van der Waals surface area (Å²) < 4.78 is 40.7. The Morgan fingerprint density at radius 3 is 2.32 bits per heavy atom. The Morgan fingerprint density at radius 2 is 1.68 bits per heavy atom. The van der Waals surface area contributed by atoms with Crippen molar-refractivity contribution in [2.45, 2.75) is 6.36 Å². The van der Waals surface area contributed by atoms with E-state index in [0.29, 0.717) is 16.9 Å². The van der Waals surface area contributed by atoms with E-state index in [4.69, 9.17) is 0 Å². The number of rotatable bonds is 2. The highest BCUT2D eigenvalue weighted by Gasteiger charge is 2.41. The number of hydrogen-bond acceptors (Lipinski definition) is 6. The van der Waals surface area contributed by atoms with Gasteiger partial charge in [0.1, 0.15) is 5.75 Å². The van der Waals surface area contributed by atoms with Crippen molar-refractivity contribution in [2.75, 3.05) is 17.1 Å². The molecule has 2 aromatic rings. The number of ether oxygens (including phenoxy) is 1. The highest BCUT2D eigenvalue weighted by atomic mass is 19.4. The Labute approximate surface area is 156 Å². The van der Waals surface area contributed by atoms with E-state index in [9.17, 15) is 23.1 Å². The van der Waals surface area contributed by atoms with Crippen LogP contribution in [0.5, 0.6) is 5.75 Å². The van der Waals surface area contributed by atoms with Gasteiger partial charge in [-0.1, -0.05) is 12.1 Å². The molecular weight excluding hydrogens is 381 g/mol. The van der Waals surface area contributed by atoms with E-state index < -0.39 is 6.36 Å². The Bertz CT molecular complexity index is 946. The summed E-state index contributed by atoms with van der Waals surface area (Å²) in [6, 6.07) is 11.8. The van der Waals surface area contributed by atoms with E-state index in [1.165, 1.54) is 34.1 Å². The molecule has 2 aromatic carbocycles. The number of aliphatic hydroxyl groups excluding tert-OH is 1. The Balaban J connectivity index is 0.00000225. The molecule has 8 nitrogen and oxygen atoms in total. The van der Waals surface area contributed by atoms with Crippen LogP contribution in [0.4, 0.5) is 24.5 Å². The molecule has 0 bridgehead atoms. The summed E-state index contributed by atoms with van der Waals surface area (Å²) in [5, 5.41) is 13.4. The number of halogens is 3. The molecule has 2 heterocycles. The van der Waals surface area contributed by atoms with Crippen LogP contribution in [0.1, 0.15) is 10.4 Å². The third-order valence-electron chi connectivity index (χ3n) is 4.15. The topological polar surface area (TPSA) is 99.8 Å². The maximum absolute atomic E-state index is 12.5. The van der Waals surface area contributed by atoms with Crippen molar-refractivity contribution in [3.05, 3.63) is 65.8 Å². The number of alkyl halides is 3. The first-order chi connectivity index (χ1) is 12.8. The van der Waals surface area contributed by atoms with Gasteiger partial charge in [0, 0.05) is 7.05 Å². The zero-order valence-corrected chi connectivity index (χ0v) is 14.4. The lowest BCUT2D eigenvalue weighted by Crippen LogP contribution is -2.48. The number of hydrogen-bond donors (Lipinski definition) is 2. The van der Waals surface area contributed by atoms with Crippen molar-refractivity contribution in [1.82, 2.24) is 10.4 Å². The molecule has 4 N–H and O–H groups in total. The van der Waals surface area contributed by atoms with Gasteiger partial charge in [0.15, 0.2) is 5.82 Å². The average molecular weight is 396 g/mol. The minimum atomic E-state index is -4.79. The number of nitrogens with one attached hydrogen (secondary N) is 1. The second-order valence-electron chi connectivity index (χ2n) is 5.84. The van der Waals surface area contributed by atoms with E-state index in [1.54, 1.807) is 24.3 Å². The van der Waals surface area contributed by atoms with Crippen LogP contribution in [0, 0.1) is 0 Å². The number of para-hydroxylation sites is 1. The molecule has 11 heteroatoms. The highest BCUT2D eigenvalue weighted by Crippen LogP contribution is 2.37. The summed E-state index contributed by atoms with van der Waals surface area (Å²) in [7, 11) is 1.52. The molecule has 2 aliphatic heterocycles. The molecule has 148 valence electrons. The summed E-state index contributed by atoms with van der Waals surface area (Å²) in [6.07, 6.45) is -4.79. The molecule has 1 amide bonds. The van der Waals surface area contributed by atoms with Crippen LogP contribution < -0.4 is 20.3 Å². The molecule has 0 saturated heterocycles. The molecular formula is C17H15F3N4O4. The predicted molar refractivity (Wildman–Crippen MR) is 93.0 cm³/mol. The molecule has 0 atom stereocenters. The smallest absolute Gasteiger partial charge is 0.491 e. The average Bonchev–Trinajstić information content (AvgIpc) is 2.97. The number of fused-ring (bicyclic) bond motifs is 3. The fourth-order valence-corrected chi connectivity index (χ4v) is 2.97. The van der Waals surface area contributed by atoms with Gasteiger partial charge in [-0.2, -0.15) is 0 Å². The van der Waals surface area contributed by atoms with Crippen LogP contribution in [0.25, 0.3) is 0 Å². The Hall–Kier alpha value is -3.44. The van der Waals surface area contributed by atoms with Crippen molar-refractivity contribution in [3.8, 4) is 5.75 Å². The quantitative estimate of drug-likeness (QED) is 0.808. The molecule has 0 fully saturated rings. The summed E-state index contributed by atoms with van der Waals surface area (Å²) in [5.74, 6) is -0.743. The van der Waals surface area contributed by atoms with Gasteiger partial charge in [0.2, 0.25) is 0 Å². The van der Waals surface area contributed by atoms with Crippen molar-refractivity contribution >= 4 is 17.3 Å². The van der Waals surface area contributed by atoms with Crippen LogP contribution in [0.3, 0.4) is 0 Å². The van der Waals surface area contributed by atoms with Crippen molar-refractivity contribution < 1.29 is 33.3 Å². The Morgan fingerprint density at radius 1 is 1.04 bits per heavy atom. The largest absolute Gasteiger partial charge is 0.573 e. The number of benzene rings is 2. The second-order valence-corrected chi connectivity index (χ2v) is 5.84. The van der Waals surface area contributed by atoms with Crippen LogP contribution in [-0.2, 0) is 0 Å². The molecule has 0 radical (unpaired) electrons. The van der Waals surface area contributed by atoms with E-state index in [2.05, 4.69) is 10.3 Å². The van der Waals surface area contributed by atoms with Crippen LogP contribution in [-0.4, -0.2) is 34.8 Å². The van der Waals surface area contributed by atoms with E-state index in [0.717, 1.165) is 12.1 Å². The summed E-state index contributed by atoms with van der Waals surface area (Å²) in [4.78, 5) is 13.8. The lowest BCUT2D eigenvalue weighted by atomic mass is 10.1. The minimum absolute atomic E-state index is 0. The molecule has 4 rings (SSSR count). The number of hydrazine groups is 2. The standard InChI is InChI=1S/C17H13F3N4O3.H2O/c1-22-14-16(26)23(10-6-8-11(9-7-10)27-17(18,19)20)21-24(14)13-5-3-2-4-12(13)15(22)25;/h2-9,21,26H,1H3;1H2. The third-order valence-corrected chi connectivity index (χ3v) is 4.15. The van der Waals surface area contributed by atoms with Crippen LogP contribution >= 0.6 is 0 Å². The first-order valence-electron chi connectivity index (χ1n) is 7.79. The minimum Gasteiger partial charge on any atom is -0.491 e. The van der Waals surface area contributed by atoms with Crippen molar-refractivity contribution in [3.63, 3.8) is 0 Å². The number of carbonyl (C=O) groups excluding carboxylic acids is 1. The number of anilines is 2. The van der Waals surface area contributed by atoms with Crippen molar-refractivity contribution in [1.29, 1.82) is 0 Å². The normalized spacial score (nSPS) is 16.0. The summed E-state index contributed by atoms with van der Waals surface area (Å²) in [5.41, 5.74) is 4.26. The first-order valence-corrected chi connectivity index (χ1v) is 7.79. The lowest BCUT2D eigenvalue weighted by molar-refractivity contribution is -0.274. The van der Waals surface area contributed by atoms with Gasteiger partial charge in [0.05, 0.1) is 16.9 Å². The van der Waals surface area contributed by atoms with E-state index >= 15 is 0 Å². The zero-order valence-electron chi connectivity index (χ0n) is 14.4. The second kappa shape index (κ2) is 6.62. The van der Waals surface area contributed by atoms with E-state index in [1.807, 2.05) is 0 Å². The molecule has 0 aromatic heterocycles. The number of amides is 1. The monoisotopic (exact) mass is 396 g/mol. The third kappa shape index (κ3) is 3.06. The maximum atomic E-state index is 12.5. The zero-order chi connectivity index (χ0) is 19.3. The van der Waals surface area contributed by atoms with Gasteiger partial charge in [-0.05, 0) is 36.4 Å². The number of nitrogens with zero attached hydrogens (tertiary/aromatic N) is 3. The van der Waals surface area contributed by atoms with Crippen LogP contribution in [0.2, 0.25) is 0 Å². The van der Waals surface area contributed by atoms with Gasteiger partial charge in [0.25, 0.3) is 11.8 Å². The molecule has 0 saturated carbocycles. The molecule has 0 unspecified atom stereocenters. The highest BCUT2D eigenvalue weighted by molar-refractivity contribution is 6.03. The van der Waals surface area contributed by atoms with Gasteiger partial charge in [-0.3, -0.25) is 9.69 Å². The van der Waals surface area contributed by atoms with Gasteiger partial charge in [-0.15, -0.1) is 18.7 Å². The van der Waals surface area contributed by atoms with Gasteiger partial charge < -0.3 is 15.3 Å². The molecule has 28 heavy (non-hydrogen) atoms. The lowest BCUT2D eigenvalue weighted by Gasteiger charge is -2.33. The molecule has 0 spiro atoms. The number of aliphatic hydroxyl groups is 1. The van der Waals surface area contributed by atoms with Crippen LogP contribution in [0.15, 0.2) is 60.2 Å². The SMILES string of the molecule is CN1C(=O)c2ccccc2N2NN(c3ccc(OC(F)(F)F)cc3)C(O)=C12.O. The predicted octanol–water partition coefficient (Wildman–Crippen LogP) is 2.28. The molecule has 0 aliphatic carbocycles. The maximum Gasteiger partial charge on any atom is 0.573 e. The first kappa shape index (κ1) is 19.3. The number of carbonyl (C=O) groups is 1. The molecule has 2 aliphatic rings. The summed E-state index contributed by atoms with van der Waals surface area (Å²) in [6.45, 7) is 0. The van der Waals surface area contributed by atoms with Crippen molar-refractivity contribution in [2.24, 2.45) is 0 Å². The van der Waals surface area contributed by atoms with Gasteiger partial charge in [-0.25, -0.2) is 10.0 Å². The summed E-state index contributed by atoms with van der Waals surface area (Å²) >= 11 is 0. The fourth-order valence-electron chi connectivity index (χ4n) is 2.97. The van der Waals surface area contributed by atoms with E-state index in [-0.39, 0.29) is 28.8 Å². The fraction of sp³-hybridized carbons (Fsp3) is 0.118. The Kier molecular flexibility index (Phi) is 4.57. The van der Waals surface area contributed by atoms with Gasteiger partial charge >= 0.3 is 6.36 Å².